The number of allylic oxidation sites excluding steroid dienone is 7. The average molecular weight is 364 g/mol. The van der Waals surface area contributed by atoms with Crippen LogP contribution in [0.4, 0.5) is 4.79 Å². The van der Waals surface area contributed by atoms with Gasteiger partial charge >= 0.3 is 6.03 Å². The summed E-state index contributed by atoms with van der Waals surface area (Å²) in [6.45, 7) is 0. The Bertz CT molecular complexity index is 771. The van der Waals surface area contributed by atoms with Crippen molar-refractivity contribution >= 4 is 11.7 Å². The number of aliphatic imine (C=N–C) groups is 1. The van der Waals surface area contributed by atoms with Gasteiger partial charge in [0, 0.05) is 17.7 Å². The molecular formula is C23H29N3O. The Labute approximate surface area is 161 Å². The SMILES string of the molecule is O=C(NC1CCCCC1)NC1CCC=C(C2=NC=C=CC3=C2C=CC3)CC1. The Morgan fingerprint density at radius 1 is 1.07 bits per heavy atom. The summed E-state index contributed by atoms with van der Waals surface area (Å²) >= 11 is 0. The Kier molecular flexibility index (Phi) is 5.74. The number of carbonyl (C=O) groups excluding carboxylic acids is 1. The highest BCUT2D eigenvalue weighted by molar-refractivity contribution is 6.15. The van der Waals surface area contributed by atoms with E-state index >= 15 is 0 Å². The summed E-state index contributed by atoms with van der Waals surface area (Å²) in [4.78, 5) is 17.0. The zero-order valence-corrected chi connectivity index (χ0v) is 16.0. The standard InChI is InChI=1S/C23H29N3O/c27-23(25-19-10-2-1-3-11-19)26-20-12-4-8-18(14-15-20)22-21-13-5-7-17(21)9-6-16-24-22/h5,8-9,13,16,19-20H,1-4,7,10-12,14-15H2,(H2,25,26,27). The zero-order chi connectivity index (χ0) is 18.5. The minimum atomic E-state index is 0.0120. The van der Waals surface area contributed by atoms with Crippen LogP contribution in [-0.4, -0.2) is 23.8 Å². The second-order valence-corrected chi connectivity index (χ2v) is 7.96. The summed E-state index contributed by atoms with van der Waals surface area (Å²) in [6, 6.07) is 0.602. The normalized spacial score (nSPS) is 25.4. The van der Waals surface area contributed by atoms with Crippen molar-refractivity contribution < 1.29 is 4.79 Å². The molecule has 4 nitrogen and oxygen atoms in total. The first kappa shape index (κ1) is 18.1. The highest BCUT2D eigenvalue weighted by atomic mass is 16.2. The van der Waals surface area contributed by atoms with Crippen molar-refractivity contribution in [2.45, 2.75) is 76.3 Å². The van der Waals surface area contributed by atoms with Crippen LogP contribution in [0.15, 0.2) is 57.9 Å². The smallest absolute Gasteiger partial charge is 0.315 e. The van der Waals surface area contributed by atoms with Crippen LogP contribution in [0.1, 0.15) is 64.2 Å². The first-order chi connectivity index (χ1) is 13.3. The van der Waals surface area contributed by atoms with E-state index in [1.165, 1.54) is 36.0 Å². The van der Waals surface area contributed by atoms with Gasteiger partial charge in [0.05, 0.1) is 11.9 Å². The minimum Gasteiger partial charge on any atom is -0.335 e. The molecule has 2 N–H and O–H groups in total. The van der Waals surface area contributed by atoms with Crippen LogP contribution >= 0.6 is 0 Å². The lowest BCUT2D eigenvalue weighted by molar-refractivity contribution is 0.227. The van der Waals surface area contributed by atoms with Gasteiger partial charge in [0.2, 0.25) is 0 Å². The number of hydrogen-bond donors (Lipinski definition) is 2. The van der Waals surface area contributed by atoms with E-state index in [1.807, 2.05) is 6.08 Å². The lowest BCUT2D eigenvalue weighted by Crippen LogP contribution is -2.46. The van der Waals surface area contributed by atoms with E-state index in [-0.39, 0.29) is 12.1 Å². The van der Waals surface area contributed by atoms with Gasteiger partial charge in [-0.15, -0.1) is 5.73 Å². The number of urea groups is 1. The predicted octanol–water partition coefficient (Wildman–Crippen LogP) is 4.87. The van der Waals surface area contributed by atoms with Crippen molar-refractivity contribution in [3.05, 3.63) is 53.0 Å². The molecule has 0 aromatic heterocycles. The Balaban J connectivity index is 1.33. The monoisotopic (exact) mass is 363 g/mol. The minimum absolute atomic E-state index is 0.0120. The van der Waals surface area contributed by atoms with Gasteiger partial charge < -0.3 is 10.6 Å². The summed E-state index contributed by atoms with van der Waals surface area (Å²) in [5.74, 6) is 0. The first-order valence-corrected chi connectivity index (χ1v) is 10.4. The molecule has 27 heavy (non-hydrogen) atoms. The third-order valence-electron chi connectivity index (χ3n) is 6.00. The molecule has 0 bridgehead atoms. The van der Waals surface area contributed by atoms with E-state index in [2.05, 4.69) is 39.6 Å². The first-order valence-electron chi connectivity index (χ1n) is 10.4. The van der Waals surface area contributed by atoms with Gasteiger partial charge in [-0.2, -0.15) is 0 Å². The van der Waals surface area contributed by atoms with Crippen LogP contribution in [0, 0.1) is 0 Å². The van der Waals surface area contributed by atoms with E-state index in [9.17, 15) is 4.79 Å². The maximum atomic E-state index is 12.4. The Hall–Kier alpha value is -2.32. The van der Waals surface area contributed by atoms with E-state index in [1.54, 1.807) is 6.20 Å². The third kappa shape index (κ3) is 4.51. The van der Waals surface area contributed by atoms with Crippen LogP contribution in [0.2, 0.25) is 0 Å². The second kappa shape index (κ2) is 8.58. The van der Waals surface area contributed by atoms with Gasteiger partial charge in [0.15, 0.2) is 0 Å². The largest absolute Gasteiger partial charge is 0.335 e. The van der Waals surface area contributed by atoms with E-state index in [4.69, 9.17) is 0 Å². The molecule has 0 saturated heterocycles. The number of rotatable bonds is 3. The Morgan fingerprint density at radius 2 is 1.89 bits per heavy atom. The summed E-state index contributed by atoms with van der Waals surface area (Å²) in [7, 11) is 0. The van der Waals surface area contributed by atoms with Gasteiger partial charge in [-0.1, -0.05) is 37.5 Å². The van der Waals surface area contributed by atoms with Crippen molar-refractivity contribution in [3.8, 4) is 0 Å². The lowest BCUT2D eigenvalue weighted by atomic mass is 9.95. The molecule has 1 atom stereocenters. The third-order valence-corrected chi connectivity index (χ3v) is 6.00. The molecule has 0 spiro atoms. The number of carbonyl (C=O) groups is 1. The maximum Gasteiger partial charge on any atom is 0.315 e. The van der Waals surface area contributed by atoms with E-state index in [0.717, 1.165) is 50.7 Å². The molecule has 1 saturated carbocycles. The van der Waals surface area contributed by atoms with Crippen LogP contribution < -0.4 is 10.6 Å². The van der Waals surface area contributed by atoms with Crippen molar-refractivity contribution in [1.29, 1.82) is 0 Å². The molecule has 4 rings (SSSR count). The van der Waals surface area contributed by atoms with Crippen LogP contribution in [0.25, 0.3) is 0 Å². The fourth-order valence-electron chi connectivity index (χ4n) is 4.51. The van der Waals surface area contributed by atoms with Gasteiger partial charge in [0.1, 0.15) is 0 Å². The molecule has 0 radical (unpaired) electrons. The Morgan fingerprint density at radius 3 is 2.74 bits per heavy atom. The topological polar surface area (TPSA) is 53.5 Å². The molecular weight excluding hydrogens is 334 g/mol. The summed E-state index contributed by atoms with van der Waals surface area (Å²) in [5, 5.41) is 6.39. The molecule has 4 aliphatic rings. The number of hydrogen-bond acceptors (Lipinski definition) is 2. The van der Waals surface area contributed by atoms with Gasteiger partial charge in [-0.05, 0) is 62.2 Å². The zero-order valence-electron chi connectivity index (χ0n) is 16.0. The fourth-order valence-corrected chi connectivity index (χ4v) is 4.51. The van der Waals surface area contributed by atoms with Crippen molar-refractivity contribution in [1.82, 2.24) is 10.6 Å². The average Bonchev–Trinajstić information content (AvgIpc) is 2.89. The highest BCUT2D eigenvalue weighted by Gasteiger charge is 2.23. The van der Waals surface area contributed by atoms with Crippen molar-refractivity contribution in [2.75, 3.05) is 0 Å². The molecule has 0 aromatic carbocycles. The van der Waals surface area contributed by atoms with Crippen molar-refractivity contribution in [2.24, 2.45) is 4.99 Å². The van der Waals surface area contributed by atoms with Crippen LogP contribution in [0.3, 0.4) is 0 Å². The van der Waals surface area contributed by atoms with Crippen molar-refractivity contribution in [3.63, 3.8) is 0 Å². The van der Waals surface area contributed by atoms with Gasteiger partial charge in [-0.3, -0.25) is 0 Å². The van der Waals surface area contributed by atoms with Gasteiger partial charge in [0.25, 0.3) is 0 Å². The molecule has 1 heterocycles. The molecule has 4 heteroatoms. The number of nitrogens with one attached hydrogen (secondary N) is 2. The lowest BCUT2D eigenvalue weighted by Gasteiger charge is -2.25. The number of amides is 2. The van der Waals surface area contributed by atoms with Crippen LogP contribution in [0.5, 0.6) is 0 Å². The summed E-state index contributed by atoms with van der Waals surface area (Å²) < 4.78 is 0. The highest BCUT2D eigenvalue weighted by Crippen LogP contribution is 2.29. The molecule has 1 aliphatic heterocycles. The van der Waals surface area contributed by atoms with Gasteiger partial charge in [-0.25, -0.2) is 9.79 Å². The molecule has 2 amide bonds. The molecule has 0 aromatic rings. The fraction of sp³-hybridized carbons (Fsp3) is 0.522. The summed E-state index contributed by atoms with van der Waals surface area (Å²) in [6.07, 6.45) is 21.4. The molecule has 1 fully saturated rings. The molecule has 3 aliphatic carbocycles. The number of nitrogens with zero attached hydrogens (tertiary/aromatic N) is 1. The summed E-state index contributed by atoms with van der Waals surface area (Å²) in [5.41, 5.74) is 8.08. The van der Waals surface area contributed by atoms with E-state index in [0.29, 0.717) is 6.04 Å². The predicted molar refractivity (Wildman–Crippen MR) is 110 cm³/mol. The quantitative estimate of drug-likeness (QED) is 0.691. The molecule has 142 valence electrons. The maximum absolute atomic E-state index is 12.4. The van der Waals surface area contributed by atoms with Crippen LogP contribution in [-0.2, 0) is 0 Å². The second-order valence-electron chi connectivity index (χ2n) is 7.96. The molecule has 1 unspecified atom stereocenters. The van der Waals surface area contributed by atoms with E-state index < -0.39 is 0 Å².